The molecular formula is C15H10F3NO. The van der Waals surface area contributed by atoms with Crippen LogP contribution in [-0.2, 0) is 4.79 Å². The molecule has 0 aromatic heterocycles. The highest BCUT2D eigenvalue weighted by molar-refractivity contribution is 6.02. The maximum absolute atomic E-state index is 13.3. The molecule has 102 valence electrons. The Balaban J connectivity index is 2.07. The first kappa shape index (κ1) is 13.9. The molecule has 1 N–H and O–H groups in total. The molecule has 0 radical (unpaired) electrons. The fourth-order valence-corrected chi connectivity index (χ4v) is 1.53. The molecule has 0 bridgehead atoms. The van der Waals surface area contributed by atoms with E-state index < -0.39 is 23.2 Å². The summed E-state index contributed by atoms with van der Waals surface area (Å²) in [5.74, 6) is -2.78. The van der Waals surface area contributed by atoms with E-state index in [0.717, 1.165) is 18.2 Å². The number of hydrogen-bond donors (Lipinski definition) is 1. The Morgan fingerprint density at radius 2 is 1.55 bits per heavy atom. The van der Waals surface area contributed by atoms with Gasteiger partial charge >= 0.3 is 0 Å². The lowest BCUT2D eigenvalue weighted by atomic mass is 10.2. The van der Waals surface area contributed by atoms with Gasteiger partial charge in [0.2, 0.25) is 5.91 Å². The second kappa shape index (κ2) is 6.06. The monoisotopic (exact) mass is 277 g/mol. The maximum Gasteiger partial charge on any atom is 0.248 e. The van der Waals surface area contributed by atoms with Gasteiger partial charge in [0, 0.05) is 6.08 Å². The van der Waals surface area contributed by atoms with Crippen molar-refractivity contribution in [2.75, 3.05) is 5.32 Å². The molecule has 2 aromatic rings. The number of carbonyl (C=O) groups is 1. The lowest BCUT2D eigenvalue weighted by molar-refractivity contribution is -0.111. The van der Waals surface area contributed by atoms with E-state index >= 15 is 0 Å². The summed E-state index contributed by atoms with van der Waals surface area (Å²) in [7, 11) is 0. The zero-order valence-corrected chi connectivity index (χ0v) is 10.2. The molecule has 5 heteroatoms. The van der Waals surface area contributed by atoms with Crippen LogP contribution in [0.2, 0.25) is 0 Å². The van der Waals surface area contributed by atoms with Gasteiger partial charge in [0.15, 0.2) is 0 Å². The van der Waals surface area contributed by atoms with Crippen molar-refractivity contribution >= 4 is 17.7 Å². The molecule has 0 atom stereocenters. The summed E-state index contributed by atoms with van der Waals surface area (Å²) in [4.78, 5) is 11.6. The lowest BCUT2D eigenvalue weighted by Crippen LogP contribution is -2.10. The SMILES string of the molecule is O=C(/C=C/c1ccc(F)cc1)Nc1c(F)cccc1F. The van der Waals surface area contributed by atoms with Gasteiger partial charge in [-0.1, -0.05) is 18.2 Å². The van der Waals surface area contributed by atoms with Crippen LogP contribution in [0.25, 0.3) is 6.08 Å². The molecule has 20 heavy (non-hydrogen) atoms. The minimum absolute atomic E-state index is 0.389. The normalized spacial score (nSPS) is 10.8. The van der Waals surface area contributed by atoms with Crippen LogP contribution in [0.15, 0.2) is 48.5 Å². The van der Waals surface area contributed by atoms with Gasteiger partial charge in [-0.25, -0.2) is 13.2 Å². The van der Waals surface area contributed by atoms with Crippen LogP contribution in [0.1, 0.15) is 5.56 Å². The first-order valence-electron chi connectivity index (χ1n) is 5.75. The van der Waals surface area contributed by atoms with Crippen molar-refractivity contribution in [1.29, 1.82) is 0 Å². The van der Waals surface area contributed by atoms with Crippen LogP contribution in [0.4, 0.5) is 18.9 Å². The molecule has 2 nitrogen and oxygen atoms in total. The molecule has 0 fully saturated rings. The van der Waals surface area contributed by atoms with Gasteiger partial charge in [-0.05, 0) is 35.9 Å². The van der Waals surface area contributed by atoms with Crippen molar-refractivity contribution in [1.82, 2.24) is 0 Å². The molecule has 0 saturated carbocycles. The molecule has 0 spiro atoms. The van der Waals surface area contributed by atoms with Crippen LogP contribution in [0.3, 0.4) is 0 Å². The number of hydrogen-bond acceptors (Lipinski definition) is 1. The van der Waals surface area contributed by atoms with E-state index in [4.69, 9.17) is 0 Å². The van der Waals surface area contributed by atoms with Crippen LogP contribution in [-0.4, -0.2) is 5.91 Å². The largest absolute Gasteiger partial charge is 0.318 e. The Morgan fingerprint density at radius 3 is 2.15 bits per heavy atom. The van der Waals surface area contributed by atoms with Crippen molar-refractivity contribution in [2.45, 2.75) is 0 Å². The highest BCUT2D eigenvalue weighted by Gasteiger charge is 2.09. The average Bonchev–Trinajstić information content (AvgIpc) is 2.42. The maximum atomic E-state index is 13.3. The molecule has 0 heterocycles. The van der Waals surface area contributed by atoms with E-state index in [-0.39, 0.29) is 5.82 Å². The van der Waals surface area contributed by atoms with Crippen LogP contribution >= 0.6 is 0 Å². The number of benzene rings is 2. The van der Waals surface area contributed by atoms with Gasteiger partial charge in [0.25, 0.3) is 0 Å². The van der Waals surface area contributed by atoms with Gasteiger partial charge in [-0.15, -0.1) is 0 Å². The minimum atomic E-state index is -0.853. The molecule has 2 aromatic carbocycles. The van der Waals surface area contributed by atoms with E-state index in [1.807, 2.05) is 0 Å². The molecule has 1 amide bonds. The Kier molecular flexibility index (Phi) is 4.20. The number of rotatable bonds is 3. The molecular weight excluding hydrogens is 267 g/mol. The molecule has 0 aliphatic heterocycles. The smallest absolute Gasteiger partial charge is 0.248 e. The topological polar surface area (TPSA) is 29.1 Å². The average molecular weight is 277 g/mol. The number of amides is 1. The predicted octanol–water partition coefficient (Wildman–Crippen LogP) is 3.76. The molecule has 0 aliphatic carbocycles. The first-order chi connectivity index (χ1) is 9.56. The first-order valence-corrected chi connectivity index (χ1v) is 5.75. The van der Waals surface area contributed by atoms with E-state index in [1.165, 1.54) is 36.4 Å². The van der Waals surface area contributed by atoms with E-state index in [1.54, 1.807) is 0 Å². The molecule has 0 aliphatic rings. The fraction of sp³-hybridized carbons (Fsp3) is 0. The van der Waals surface area contributed by atoms with Crippen LogP contribution in [0.5, 0.6) is 0 Å². The zero-order chi connectivity index (χ0) is 14.5. The third kappa shape index (κ3) is 3.47. The predicted molar refractivity (Wildman–Crippen MR) is 70.4 cm³/mol. The van der Waals surface area contributed by atoms with Crippen molar-refractivity contribution in [3.63, 3.8) is 0 Å². The highest BCUT2D eigenvalue weighted by Crippen LogP contribution is 2.17. The van der Waals surface area contributed by atoms with Crippen LogP contribution in [0, 0.1) is 17.5 Å². The Bertz CT molecular complexity index is 630. The van der Waals surface area contributed by atoms with Crippen molar-refractivity contribution in [3.05, 3.63) is 71.6 Å². The van der Waals surface area contributed by atoms with E-state index in [0.29, 0.717) is 5.56 Å². The summed E-state index contributed by atoms with van der Waals surface area (Å²) >= 11 is 0. The third-order valence-electron chi connectivity index (χ3n) is 2.51. The number of carbonyl (C=O) groups excluding carboxylic acids is 1. The molecule has 0 saturated heterocycles. The van der Waals surface area contributed by atoms with Gasteiger partial charge in [0.05, 0.1) is 0 Å². The van der Waals surface area contributed by atoms with Gasteiger partial charge < -0.3 is 5.32 Å². The van der Waals surface area contributed by atoms with Crippen LogP contribution < -0.4 is 5.32 Å². The number of para-hydroxylation sites is 1. The molecule has 2 rings (SSSR count). The summed E-state index contributed by atoms with van der Waals surface area (Å²) < 4.78 is 39.3. The van der Waals surface area contributed by atoms with E-state index in [2.05, 4.69) is 5.32 Å². The Labute approximate surface area is 113 Å². The summed E-state index contributed by atoms with van der Waals surface area (Å²) in [5.41, 5.74) is 0.0943. The second-order valence-electron chi connectivity index (χ2n) is 3.97. The molecule has 0 unspecified atom stereocenters. The number of halogens is 3. The van der Waals surface area contributed by atoms with Gasteiger partial charge in [-0.2, -0.15) is 0 Å². The van der Waals surface area contributed by atoms with Crippen molar-refractivity contribution in [2.24, 2.45) is 0 Å². The quantitative estimate of drug-likeness (QED) is 0.850. The summed E-state index contributed by atoms with van der Waals surface area (Å²) in [6.07, 6.45) is 2.52. The van der Waals surface area contributed by atoms with Gasteiger partial charge in [-0.3, -0.25) is 4.79 Å². The standard InChI is InChI=1S/C15H10F3NO/c16-11-7-4-10(5-8-11)6-9-14(20)19-15-12(17)2-1-3-13(15)18/h1-9H,(H,19,20)/b9-6+. The van der Waals surface area contributed by atoms with Gasteiger partial charge in [0.1, 0.15) is 23.1 Å². The minimum Gasteiger partial charge on any atom is -0.318 e. The summed E-state index contributed by atoms with van der Waals surface area (Å²) in [5, 5.41) is 2.11. The summed E-state index contributed by atoms with van der Waals surface area (Å²) in [6.45, 7) is 0. The summed E-state index contributed by atoms with van der Waals surface area (Å²) in [6, 6.07) is 8.73. The second-order valence-corrected chi connectivity index (χ2v) is 3.97. The third-order valence-corrected chi connectivity index (χ3v) is 2.51. The highest BCUT2D eigenvalue weighted by atomic mass is 19.1. The number of anilines is 1. The Morgan fingerprint density at radius 1 is 0.950 bits per heavy atom. The zero-order valence-electron chi connectivity index (χ0n) is 10.2. The van der Waals surface area contributed by atoms with E-state index in [9.17, 15) is 18.0 Å². The Hall–Kier alpha value is -2.56. The number of nitrogens with one attached hydrogen (secondary N) is 1. The van der Waals surface area contributed by atoms with Crippen molar-refractivity contribution < 1.29 is 18.0 Å². The fourth-order valence-electron chi connectivity index (χ4n) is 1.53. The van der Waals surface area contributed by atoms with Crippen molar-refractivity contribution in [3.8, 4) is 0 Å². The lowest BCUT2D eigenvalue weighted by Gasteiger charge is -2.04.